The Morgan fingerprint density at radius 2 is 1.60 bits per heavy atom. The molecule has 0 unspecified atom stereocenters. The summed E-state index contributed by atoms with van der Waals surface area (Å²) in [6.45, 7) is 3.04. The lowest BCUT2D eigenvalue weighted by molar-refractivity contribution is -0.131. The first-order chi connectivity index (χ1) is 14.4. The number of benzene rings is 2. The molecule has 1 fully saturated rings. The van der Waals surface area contributed by atoms with Crippen LogP contribution in [0.15, 0.2) is 47.4 Å². The standard InChI is InChI=1S/C21H23FN2O5S/c22-16-1-3-17(4-2-16)23-8-10-24(11-9-23)21(25)7-14-30(26,27)18-5-6-19-20(15-18)29-13-12-28-19/h1-6,15H,7-14H2. The van der Waals surface area contributed by atoms with Crippen molar-refractivity contribution in [2.75, 3.05) is 50.0 Å². The fourth-order valence-electron chi connectivity index (χ4n) is 3.58. The van der Waals surface area contributed by atoms with Gasteiger partial charge in [0.25, 0.3) is 0 Å². The summed E-state index contributed by atoms with van der Waals surface area (Å²) in [6.07, 6.45) is -0.0761. The van der Waals surface area contributed by atoms with Gasteiger partial charge in [0.1, 0.15) is 19.0 Å². The highest BCUT2D eigenvalue weighted by atomic mass is 32.2. The van der Waals surface area contributed by atoms with E-state index < -0.39 is 9.84 Å². The van der Waals surface area contributed by atoms with Gasteiger partial charge in [-0.05, 0) is 36.4 Å². The van der Waals surface area contributed by atoms with E-state index in [0.29, 0.717) is 50.9 Å². The topological polar surface area (TPSA) is 76.1 Å². The maximum atomic E-state index is 13.1. The second-order valence-corrected chi connectivity index (χ2v) is 9.33. The summed E-state index contributed by atoms with van der Waals surface area (Å²) < 4.78 is 49.3. The van der Waals surface area contributed by atoms with Crippen molar-refractivity contribution in [2.24, 2.45) is 0 Å². The fraction of sp³-hybridized carbons (Fsp3) is 0.381. The Morgan fingerprint density at radius 1 is 0.933 bits per heavy atom. The molecular weight excluding hydrogens is 411 g/mol. The highest BCUT2D eigenvalue weighted by Gasteiger charge is 2.25. The van der Waals surface area contributed by atoms with Gasteiger partial charge in [-0.1, -0.05) is 0 Å². The molecule has 0 radical (unpaired) electrons. The molecule has 0 aliphatic carbocycles. The molecule has 30 heavy (non-hydrogen) atoms. The van der Waals surface area contributed by atoms with Gasteiger partial charge >= 0.3 is 0 Å². The van der Waals surface area contributed by atoms with Gasteiger partial charge in [0.15, 0.2) is 21.3 Å². The molecule has 0 saturated carbocycles. The maximum Gasteiger partial charge on any atom is 0.223 e. The number of anilines is 1. The van der Waals surface area contributed by atoms with Gasteiger partial charge in [-0.15, -0.1) is 0 Å². The average Bonchev–Trinajstić information content (AvgIpc) is 2.78. The Balaban J connectivity index is 1.32. The van der Waals surface area contributed by atoms with Crippen molar-refractivity contribution >= 4 is 21.4 Å². The number of halogens is 1. The number of fused-ring (bicyclic) bond motifs is 1. The van der Waals surface area contributed by atoms with Crippen molar-refractivity contribution in [3.05, 3.63) is 48.3 Å². The minimum atomic E-state index is -3.61. The van der Waals surface area contributed by atoms with Gasteiger partial charge in [0.05, 0.1) is 10.6 Å². The first-order valence-corrected chi connectivity index (χ1v) is 11.5. The lowest BCUT2D eigenvalue weighted by Crippen LogP contribution is -2.49. The van der Waals surface area contributed by atoms with Crippen LogP contribution >= 0.6 is 0 Å². The third-order valence-electron chi connectivity index (χ3n) is 5.28. The highest BCUT2D eigenvalue weighted by molar-refractivity contribution is 7.91. The van der Waals surface area contributed by atoms with Crippen LogP contribution in [0.5, 0.6) is 11.5 Å². The number of hydrogen-bond donors (Lipinski definition) is 0. The summed E-state index contributed by atoms with van der Waals surface area (Å²) in [4.78, 5) is 16.4. The van der Waals surface area contributed by atoms with E-state index in [-0.39, 0.29) is 28.8 Å². The highest BCUT2D eigenvalue weighted by Crippen LogP contribution is 2.32. The third-order valence-corrected chi connectivity index (χ3v) is 7.00. The quantitative estimate of drug-likeness (QED) is 0.718. The zero-order valence-electron chi connectivity index (χ0n) is 16.4. The SMILES string of the molecule is O=C(CCS(=O)(=O)c1ccc2c(c1)OCCO2)N1CCN(c2ccc(F)cc2)CC1. The summed E-state index contributed by atoms with van der Waals surface area (Å²) in [5.74, 6) is 0.200. The van der Waals surface area contributed by atoms with Crippen LogP contribution in [0.1, 0.15) is 6.42 Å². The van der Waals surface area contributed by atoms with Crippen molar-refractivity contribution in [1.82, 2.24) is 4.90 Å². The number of nitrogens with zero attached hydrogens (tertiary/aromatic N) is 2. The van der Waals surface area contributed by atoms with Crippen LogP contribution in [0, 0.1) is 5.82 Å². The Morgan fingerprint density at radius 3 is 2.30 bits per heavy atom. The molecule has 1 saturated heterocycles. The third kappa shape index (κ3) is 4.51. The predicted octanol–water partition coefficient (Wildman–Crippen LogP) is 2.11. The molecule has 2 aromatic rings. The van der Waals surface area contributed by atoms with Gasteiger partial charge in [0.2, 0.25) is 5.91 Å². The molecule has 0 bridgehead atoms. The summed E-state index contributed by atoms with van der Waals surface area (Å²) in [7, 11) is -3.61. The molecule has 0 aromatic heterocycles. The lowest BCUT2D eigenvalue weighted by Gasteiger charge is -2.36. The lowest BCUT2D eigenvalue weighted by atomic mass is 10.2. The van der Waals surface area contributed by atoms with E-state index in [1.54, 1.807) is 23.1 Å². The molecule has 0 spiro atoms. The second-order valence-electron chi connectivity index (χ2n) is 7.22. The molecule has 0 N–H and O–H groups in total. The van der Waals surface area contributed by atoms with Crippen molar-refractivity contribution in [1.29, 1.82) is 0 Å². The molecule has 0 atom stereocenters. The number of amides is 1. The Kier molecular flexibility index (Phi) is 5.80. The first kappa shape index (κ1) is 20.5. The number of piperazine rings is 1. The number of sulfone groups is 1. The number of ether oxygens (including phenoxy) is 2. The van der Waals surface area contributed by atoms with E-state index in [1.807, 2.05) is 0 Å². The largest absolute Gasteiger partial charge is 0.486 e. The zero-order chi connectivity index (χ0) is 21.1. The molecule has 1 amide bonds. The van der Waals surface area contributed by atoms with Crippen LogP contribution in [-0.4, -0.2) is 64.4 Å². The van der Waals surface area contributed by atoms with Gasteiger partial charge in [-0.2, -0.15) is 0 Å². The molecular formula is C21H23FN2O5S. The number of carbonyl (C=O) groups excluding carboxylic acids is 1. The van der Waals surface area contributed by atoms with E-state index in [4.69, 9.17) is 9.47 Å². The van der Waals surface area contributed by atoms with Crippen LogP contribution in [-0.2, 0) is 14.6 Å². The smallest absolute Gasteiger partial charge is 0.223 e. The van der Waals surface area contributed by atoms with Gasteiger partial charge in [-0.3, -0.25) is 4.79 Å². The van der Waals surface area contributed by atoms with E-state index >= 15 is 0 Å². The number of carbonyl (C=O) groups is 1. The number of hydrogen-bond acceptors (Lipinski definition) is 6. The van der Waals surface area contributed by atoms with Crippen LogP contribution in [0.2, 0.25) is 0 Å². The summed E-state index contributed by atoms with van der Waals surface area (Å²) in [5.41, 5.74) is 0.907. The number of rotatable bonds is 5. The minimum Gasteiger partial charge on any atom is -0.486 e. The molecule has 7 nitrogen and oxygen atoms in total. The van der Waals surface area contributed by atoms with Crippen molar-refractivity contribution in [3.63, 3.8) is 0 Å². The van der Waals surface area contributed by atoms with E-state index in [1.165, 1.54) is 24.3 Å². The second kappa shape index (κ2) is 8.51. The molecule has 4 rings (SSSR count). The summed E-state index contributed by atoms with van der Waals surface area (Å²) >= 11 is 0. The molecule has 2 heterocycles. The molecule has 2 aromatic carbocycles. The Hall–Kier alpha value is -2.81. The van der Waals surface area contributed by atoms with Gasteiger partial charge in [-0.25, -0.2) is 12.8 Å². The van der Waals surface area contributed by atoms with Gasteiger partial charge < -0.3 is 19.3 Å². The van der Waals surface area contributed by atoms with E-state index in [9.17, 15) is 17.6 Å². The molecule has 2 aliphatic rings. The first-order valence-electron chi connectivity index (χ1n) is 9.83. The predicted molar refractivity (Wildman–Crippen MR) is 109 cm³/mol. The van der Waals surface area contributed by atoms with E-state index in [2.05, 4.69) is 4.90 Å². The summed E-state index contributed by atoms with van der Waals surface area (Å²) in [5, 5.41) is 0. The van der Waals surface area contributed by atoms with Crippen molar-refractivity contribution < 1.29 is 27.1 Å². The molecule has 9 heteroatoms. The fourth-order valence-corrected chi connectivity index (χ4v) is 4.82. The Bertz CT molecular complexity index is 1020. The molecule has 2 aliphatic heterocycles. The average molecular weight is 434 g/mol. The minimum absolute atomic E-state index is 0.0761. The van der Waals surface area contributed by atoms with Crippen molar-refractivity contribution in [2.45, 2.75) is 11.3 Å². The monoisotopic (exact) mass is 434 g/mol. The Labute approximate surface area is 174 Å². The van der Waals surface area contributed by atoms with Gasteiger partial charge in [0, 0.05) is 44.4 Å². The van der Waals surface area contributed by atoms with Crippen LogP contribution in [0.25, 0.3) is 0 Å². The van der Waals surface area contributed by atoms with Crippen LogP contribution < -0.4 is 14.4 Å². The van der Waals surface area contributed by atoms with Crippen LogP contribution in [0.3, 0.4) is 0 Å². The van der Waals surface area contributed by atoms with E-state index in [0.717, 1.165) is 5.69 Å². The maximum absolute atomic E-state index is 13.1. The summed E-state index contributed by atoms with van der Waals surface area (Å²) in [6, 6.07) is 10.8. The van der Waals surface area contributed by atoms with Crippen LogP contribution in [0.4, 0.5) is 10.1 Å². The normalized spacial score (nSPS) is 16.4. The molecule has 160 valence electrons. The van der Waals surface area contributed by atoms with Crippen molar-refractivity contribution in [3.8, 4) is 11.5 Å². The zero-order valence-corrected chi connectivity index (χ0v) is 17.2.